The van der Waals surface area contributed by atoms with Crippen molar-refractivity contribution in [3.8, 4) is 11.5 Å². The second kappa shape index (κ2) is 6.62. The molecule has 23 heavy (non-hydrogen) atoms. The van der Waals surface area contributed by atoms with Gasteiger partial charge in [-0.3, -0.25) is 0 Å². The van der Waals surface area contributed by atoms with Crippen LogP contribution in [0.25, 0.3) is 10.2 Å². The molecule has 0 spiro atoms. The Labute approximate surface area is 137 Å². The Morgan fingerprint density at radius 3 is 2.35 bits per heavy atom. The normalized spacial score (nSPS) is 12.2. The van der Waals surface area contributed by atoms with Gasteiger partial charge in [0.2, 0.25) is 4.80 Å². The fourth-order valence-corrected chi connectivity index (χ4v) is 3.09. The fraction of sp³-hybridized carbons (Fsp3) is 0.188. The molecule has 3 rings (SSSR count). The lowest BCUT2D eigenvalue weighted by Gasteiger charge is -1.99. The summed E-state index contributed by atoms with van der Waals surface area (Å²) >= 11 is 1.54. The lowest BCUT2D eigenvalue weighted by Crippen LogP contribution is -2.08. The molecule has 0 aliphatic heterocycles. The van der Waals surface area contributed by atoms with E-state index >= 15 is 0 Å². The Kier molecular flexibility index (Phi) is 4.38. The predicted octanol–water partition coefficient (Wildman–Crippen LogP) is 3.86. The Balaban J connectivity index is 1.90. The second-order valence-electron chi connectivity index (χ2n) is 4.76. The first-order chi connectivity index (χ1) is 11.2. The highest BCUT2D eigenvalue weighted by molar-refractivity contribution is 7.16. The van der Waals surface area contributed by atoms with E-state index in [1.807, 2.05) is 54.1 Å². The van der Waals surface area contributed by atoms with Crippen molar-refractivity contribution in [3.05, 3.63) is 47.3 Å². The zero-order chi connectivity index (χ0) is 16.2. The van der Waals surface area contributed by atoms with Gasteiger partial charge in [-0.05, 0) is 47.7 Å². The van der Waals surface area contributed by atoms with E-state index in [4.69, 9.17) is 9.47 Å². The molecule has 0 aliphatic rings. The van der Waals surface area contributed by atoms with Gasteiger partial charge in [-0.1, -0.05) is 11.3 Å². The molecule has 0 aliphatic carbocycles. The van der Waals surface area contributed by atoms with Crippen LogP contribution in [0.4, 0.5) is 5.69 Å². The summed E-state index contributed by atoms with van der Waals surface area (Å²) in [4.78, 5) is 0.769. The molecule has 6 nitrogen and oxygen atoms in total. The van der Waals surface area contributed by atoms with Crippen LogP contribution in [0.3, 0.4) is 0 Å². The number of ether oxygens (including phenoxy) is 2. The van der Waals surface area contributed by atoms with E-state index in [9.17, 15) is 0 Å². The van der Waals surface area contributed by atoms with Crippen molar-refractivity contribution in [1.29, 1.82) is 0 Å². The monoisotopic (exact) mass is 328 g/mol. The van der Waals surface area contributed by atoms with Gasteiger partial charge in [-0.25, -0.2) is 0 Å². The highest BCUT2D eigenvalue weighted by Gasteiger charge is 2.04. The summed E-state index contributed by atoms with van der Waals surface area (Å²) in [5.41, 5.74) is 1.80. The van der Waals surface area contributed by atoms with E-state index in [-0.39, 0.29) is 0 Å². The van der Waals surface area contributed by atoms with Crippen LogP contribution in [-0.2, 0) is 7.05 Å². The number of rotatable bonds is 4. The Bertz CT molecular complexity index is 910. The third-order valence-electron chi connectivity index (χ3n) is 3.38. The van der Waals surface area contributed by atoms with Gasteiger partial charge in [0.25, 0.3) is 0 Å². The molecule has 0 saturated carbocycles. The van der Waals surface area contributed by atoms with Gasteiger partial charge in [0.15, 0.2) is 0 Å². The summed E-state index contributed by atoms with van der Waals surface area (Å²) in [5, 5.41) is 12.2. The van der Waals surface area contributed by atoms with E-state index < -0.39 is 0 Å². The first kappa shape index (κ1) is 15.2. The first-order valence-electron chi connectivity index (χ1n) is 6.93. The molecule has 0 N–H and O–H groups in total. The molecule has 1 aromatic heterocycles. The number of thiazole rings is 1. The van der Waals surface area contributed by atoms with Crippen molar-refractivity contribution in [2.24, 2.45) is 22.5 Å². The zero-order valence-corrected chi connectivity index (χ0v) is 13.9. The average molecular weight is 328 g/mol. The molecule has 0 fully saturated rings. The van der Waals surface area contributed by atoms with Crippen molar-refractivity contribution in [1.82, 2.24) is 4.57 Å². The third kappa shape index (κ3) is 3.24. The van der Waals surface area contributed by atoms with E-state index in [2.05, 4.69) is 15.4 Å². The molecule has 7 heteroatoms. The van der Waals surface area contributed by atoms with Crippen molar-refractivity contribution in [2.45, 2.75) is 0 Å². The average Bonchev–Trinajstić information content (AvgIpc) is 2.91. The lowest BCUT2D eigenvalue weighted by atomic mass is 10.3. The van der Waals surface area contributed by atoms with E-state index in [0.29, 0.717) is 0 Å². The first-order valence-corrected chi connectivity index (χ1v) is 7.75. The fourth-order valence-electron chi connectivity index (χ4n) is 2.10. The van der Waals surface area contributed by atoms with Crippen molar-refractivity contribution < 1.29 is 9.47 Å². The third-order valence-corrected chi connectivity index (χ3v) is 4.46. The van der Waals surface area contributed by atoms with Gasteiger partial charge >= 0.3 is 0 Å². The standard InChI is InChI=1S/C16H16N4O2S/c1-20-14-9-8-13(22-3)10-15(14)23-16(20)18-19-17-11-4-6-12(21-2)7-5-11/h4-10H,1-3H3/b18-16-,19-17?. The van der Waals surface area contributed by atoms with E-state index in [0.717, 1.165) is 32.2 Å². The van der Waals surface area contributed by atoms with E-state index in [1.54, 1.807) is 14.2 Å². The second-order valence-corrected chi connectivity index (χ2v) is 5.77. The van der Waals surface area contributed by atoms with E-state index in [1.165, 1.54) is 11.3 Å². The van der Waals surface area contributed by atoms with Crippen LogP contribution in [-0.4, -0.2) is 18.8 Å². The number of fused-ring (bicyclic) bond motifs is 1. The summed E-state index contributed by atoms with van der Waals surface area (Å²) in [6.07, 6.45) is 0. The zero-order valence-electron chi connectivity index (χ0n) is 13.1. The summed E-state index contributed by atoms with van der Waals surface area (Å²) in [6, 6.07) is 13.2. The number of aromatic nitrogens is 1. The summed E-state index contributed by atoms with van der Waals surface area (Å²) in [5.74, 6) is 1.61. The molecule has 0 saturated heterocycles. The predicted molar refractivity (Wildman–Crippen MR) is 90.4 cm³/mol. The van der Waals surface area contributed by atoms with Crippen molar-refractivity contribution >= 4 is 27.2 Å². The number of hydrogen-bond donors (Lipinski definition) is 0. The molecular weight excluding hydrogens is 312 g/mol. The number of benzene rings is 2. The molecule has 118 valence electrons. The Hall–Kier alpha value is -2.67. The Morgan fingerprint density at radius 1 is 0.957 bits per heavy atom. The van der Waals surface area contributed by atoms with Crippen molar-refractivity contribution in [3.63, 3.8) is 0 Å². The minimum Gasteiger partial charge on any atom is -0.497 e. The van der Waals surface area contributed by atoms with Gasteiger partial charge in [-0.15, -0.1) is 10.2 Å². The molecule has 3 aromatic rings. The molecule has 0 radical (unpaired) electrons. The maximum atomic E-state index is 5.24. The number of methoxy groups -OCH3 is 2. The summed E-state index contributed by atoms with van der Waals surface area (Å²) < 4.78 is 13.4. The van der Waals surface area contributed by atoms with Crippen LogP contribution < -0.4 is 14.3 Å². The highest BCUT2D eigenvalue weighted by atomic mass is 32.1. The van der Waals surface area contributed by atoms with Crippen LogP contribution >= 0.6 is 11.3 Å². The summed E-state index contributed by atoms with van der Waals surface area (Å²) in [6.45, 7) is 0. The topological polar surface area (TPSA) is 60.5 Å². The number of hydrogen-bond acceptors (Lipinski definition) is 5. The molecular formula is C16H16N4O2S. The smallest absolute Gasteiger partial charge is 0.213 e. The van der Waals surface area contributed by atoms with Crippen LogP contribution in [0, 0.1) is 0 Å². The molecule has 1 heterocycles. The van der Waals surface area contributed by atoms with Gasteiger partial charge in [0.05, 0.1) is 30.1 Å². The van der Waals surface area contributed by atoms with Gasteiger partial charge < -0.3 is 14.0 Å². The quantitative estimate of drug-likeness (QED) is 0.539. The minimum atomic E-state index is 0.722. The van der Waals surface area contributed by atoms with Crippen molar-refractivity contribution in [2.75, 3.05) is 14.2 Å². The summed E-state index contributed by atoms with van der Waals surface area (Å²) in [7, 11) is 5.23. The molecule has 0 unspecified atom stereocenters. The van der Waals surface area contributed by atoms with Crippen LogP contribution in [0.2, 0.25) is 0 Å². The SMILES string of the molecule is COc1ccc(N=N/N=c2\sc3cc(OC)ccc3n2C)cc1. The van der Waals surface area contributed by atoms with Crippen LogP contribution in [0.5, 0.6) is 11.5 Å². The highest BCUT2D eigenvalue weighted by Crippen LogP contribution is 2.22. The molecule has 2 aromatic carbocycles. The van der Waals surface area contributed by atoms with Gasteiger partial charge in [0, 0.05) is 7.05 Å². The van der Waals surface area contributed by atoms with Crippen LogP contribution in [0.1, 0.15) is 0 Å². The largest absolute Gasteiger partial charge is 0.497 e. The maximum absolute atomic E-state index is 5.24. The van der Waals surface area contributed by atoms with Crippen LogP contribution in [0.15, 0.2) is 57.9 Å². The van der Waals surface area contributed by atoms with Gasteiger partial charge in [-0.2, -0.15) is 0 Å². The van der Waals surface area contributed by atoms with Gasteiger partial charge in [0.1, 0.15) is 11.5 Å². The maximum Gasteiger partial charge on any atom is 0.213 e. The molecule has 0 amide bonds. The number of aryl methyl sites for hydroxylation is 1. The molecule has 0 bridgehead atoms. The number of nitrogens with zero attached hydrogens (tertiary/aromatic N) is 4. The molecule has 0 atom stereocenters. The lowest BCUT2D eigenvalue weighted by molar-refractivity contribution is 0.415. The Morgan fingerprint density at radius 2 is 1.65 bits per heavy atom. The minimum absolute atomic E-state index is 0.722.